The van der Waals surface area contributed by atoms with E-state index in [4.69, 9.17) is 0 Å². The van der Waals surface area contributed by atoms with Crippen LogP contribution < -0.4 is 10.6 Å². The van der Waals surface area contributed by atoms with Crippen molar-refractivity contribution in [2.24, 2.45) is 5.41 Å². The van der Waals surface area contributed by atoms with E-state index in [0.29, 0.717) is 0 Å². The molecule has 3 N–H and O–H groups in total. The fraction of sp³-hybridized carbons (Fsp3) is 0.692. The standard InChI is InChI=1S/C13H22N4O/c1-2-14-11-7-12(17-10-16-11)15-8-13(9-18)5-3-4-6-13/h7,10,18H,2-6,8-9H2,1H3,(H2,14,15,16,17). The van der Waals surface area contributed by atoms with Crippen molar-refractivity contribution in [1.82, 2.24) is 9.97 Å². The molecule has 0 saturated heterocycles. The summed E-state index contributed by atoms with van der Waals surface area (Å²) in [5.74, 6) is 1.65. The Kier molecular flexibility index (Phi) is 4.36. The van der Waals surface area contributed by atoms with Crippen LogP contribution in [0.5, 0.6) is 0 Å². The van der Waals surface area contributed by atoms with Gasteiger partial charge in [-0.05, 0) is 19.8 Å². The molecule has 0 radical (unpaired) electrons. The van der Waals surface area contributed by atoms with E-state index in [1.807, 2.05) is 13.0 Å². The molecule has 100 valence electrons. The van der Waals surface area contributed by atoms with E-state index in [9.17, 15) is 5.11 Å². The van der Waals surface area contributed by atoms with Gasteiger partial charge in [-0.15, -0.1) is 0 Å². The van der Waals surface area contributed by atoms with Crippen LogP contribution in [-0.2, 0) is 0 Å². The van der Waals surface area contributed by atoms with Gasteiger partial charge in [0, 0.05) is 24.6 Å². The quantitative estimate of drug-likeness (QED) is 0.719. The van der Waals surface area contributed by atoms with Gasteiger partial charge in [-0.3, -0.25) is 0 Å². The first kappa shape index (κ1) is 13.1. The average molecular weight is 250 g/mol. The predicted molar refractivity (Wildman–Crippen MR) is 72.7 cm³/mol. The van der Waals surface area contributed by atoms with E-state index in [2.05, 4.69) is 20.6 Å². The Labute approximate surface area is 108 Å². The molecule has 1 heterocycles. The molecule has 1 aromatic rings. The number of aliphatic hydroxyl groups excluding tert-OH is 1. The topological polar surface area (TPSA) is 70.1 Å². The lowest BCUT2D eigenvalue weighted by atomic mass is 9.87. The number of rotatable bonds is 6. The summed E-state index contributed by atoms with van der Waals surface area (Å²) in [4.78, 5) is 8.34. The Morgan fingerprint density at radius 1 is 1.22 bits per heavy atom. The molecule has 5 heteroatoms. The second-order valence-electron chi connectivity index (χ2n) is 5.04. The van der Waals surface area contributed by atoms with Crippen molar-refractivity contribution in [3.63, 3.8) is 0 Å². The van der Waals surface area contributed by atoms with Crippen LogP contribution in [0.3, 0.4) is 0 Å². The second-order valence-corrected chi connectivity index (χ2v) is 5.04. The summed E-state index contributed by atoms with van der Waals surface area (Å²) < 4.78 is 0. The van der Waals surface area contributed by atoms with Crippen LogP contribution in [-0.4, -0.2) is 34.8 Å². The van der Waals surface area contributed by atoms with Crippen molar-refractivity contribution in [3.8, 4) is 0 Å². The first-order valence-electron chi connectivity index (χ1n) is 6.69. The van der Waals surface area contributed by atoms with Gasteiger partial charge in [-0.1, -0.05) is 12.8 Å². The maximum Gasteiger partial charge on any atom is 0.131 e. The molecule has 1 aliphatic rings. The molecule has 1 saturated carbocycles. The highest BCUT2D eigenvalue weighted by Gasteiger charge is 2.32. The van der Waals surface area contributed by atoms with Gasteiger partial charge in [-0.2, -0.15) is 0 Å². The van der Waals surface area contributed by atoms with Crippen LogP contribution in [0.2, 0.25) is 0 Å². The molecule has 0 aliphatic heterocycles. The molecule has 2 rings (SSSR count). The fourth-order valence-corrected chi connectivity index (χ4v) is 2.53. The maximum absolute atomic E-state index is 9.55. The summed E-state index contributed by atoms with van der Waals surface area (Å²) in [6, 6.07) is 1.91. The van der Waals surface area contributed by atoms with Gasteiger partial charge in [-0.25, -0.2) is 9.97 Å². The van der Waals surface area contributed by atoms with Gasteiger partial charge >= 0.3 is 0 Å². The van der Waals surface area contributed by atoms with Gasteiger partial charge < -0.3 is 15.7 Å². The molecular weight excluding hydrogens is 228 g/mol. The van der Waals surface area contributed by atoms with E-state index >= 15 is 0 Å². The normalized spacial score (nSPS) is 17.7. The summed E-state index contributed by atoms with van der Waals surface area (Å²) in [5, 5.41) is 16.0. The molecule has 0 amide bonds. The molecule has 0 spiro atoms. The second kappa shape index (κ2) is 6.00. The maximum atomic E-state index is 9.55. The highest BCUT2D eigenvalue weighted by atomic mass is 16.3. The number of aromatic nitrogens is 2. The SMILES string of the molecule is CCNc1cc(NCC2(CO)CCCC2)ncn1. The Morgan fingerprint density at radius 3 is 2.50 bits per heavy atom. The smallest absolute Gasteiger partial charge is 0.131 e. The molecule has 1 fully saturated rings. The largest absolute Gasteiger partial charge is 0.396 e. The summed E-state index contributed by atoms with van der Waals surface area (Å²) >= 11 is 0. The average Bonchev–Trinajstić information content (AvgIpc) is 2.87. The van der Waals surface area contributed by atoms with E-state index in [1.54, 1.807) is 6.33 Å². The van der Waals surface area contributed by atoms with Crippen molar-refractivity contribution in [1.29, 1.82) is 0 Å². The highest BCUT2D eigenvalue weighted by Crippen LogP contribution is 2.37. The minimum absolute atomic E-state index is 0.0449. The third-order valence-corrected chi connectivity index (χ3v) is 3.67. The minimum Gasteiger partial charge on any atom is -0.396 e. The molecule has 0 bridgehead atoms. The molecule has 5 nitrogen and oxygen atoms in total. The lowest BCUT2D eigenvalue weighted by molar-refractivity contribution is 0.142. The van der Waals surface area contributed by atoms with Crippen molar-refractivity contribution in [2.45, 2.75) is 32.6 Å². The lowest BCUT2D eigenvalue weighted by Crippen LogP contribution is -2.30. The molecule has 0 unspecified atom stereocenters. The van der Waals surface area contributed by atoms with Crippen LogP contribution >= 0.6 is 0 Å². The molecule has 18 heavy (non-hydrogen) atoms. The Hall–Kier alpha value is -1.36. The number of anilines is 2. The summed E-state index contributed by atoms with van der Waals surface area (Å²) in [6.45, 7) is 3.92. The highest BCUT2D eigenvalue weighted by molar-refractivity contribution is 5.46. The summed E-state index contributed by atoms with van der Waals surface area (Å²) in [6.07, 6.45) is 6.19. The van der Waals surface area contributed by atoms with Gasteiger partial charge in [0.1, 0.15) is 18.0 Å². The van der Waals surface area contributed by atoms with Crippen LogP contribution in [0, 0.1) is 5.41 Å². The van der Waals surface area contributed by atoms with E-state index in [-0.39, 0.29) is 12.0 Å². The number of hydrogen-bond donors (Lipinski definition) is 3. The molecule has 0 aromatic carbocycles. The van der Waals surface area contributed by atoms with Gasteiger partial charge in [0.05, 0.1) is 6.61 Å². The van der Waals surface area contributed by atoms with E-state index in [0.717, 1.165) is 37.6 Å². The van der Waals surface area contributed by atoms with Gasteiger partial charge in [0.2, 0.25) is 0 Å². The monoisotopic (exact) mass is 250 g/mol. The van der Waals surface area contributed by atoms with Crippen molar-refractivity contribution >= 4 is 11.6 Å². The first-order valence-corrected chi connectivity index (χ1v) is 6.69. The fourth-order valence-electron chi connectivity index (χ4n) is 2.53. The third kappa shape index (κ3) is 3.10. The molecular formula is C13H22N4O. The molecule has 1 aromatic heterocycles. The number of nitrogens with zero attached hydrogens (tertiary/aromatic N) is 2. The summed E-state index contributed by atoms with van der Waals surface area (Å²) in [5.41, 5.74) is 0.0449. The minimum atomic E-state index is 0.0449. The number of aliphatic hydroxyl groups is 1. The van der Waals surface area contributed by atoms with Crippen LogP contribution in [0.25, 0.3) is 0 Å². The van der Waals surface area contributed by atoms with Crippen LogP contribution in [0.1, 0.15) is 32.6 Å². The predicted octanol–water partition coefficient (Wildman–Crippen LogP) is 1.87. The Balaban J connectivity index is 1.94. The Morgan fingerprint density at radius 2 is 1.89 bits per heavy atom. The zero-order chi connectivity index (χ0) is 12.8. The van der Waals surface area contributed by atoms with Crippen LogP contribution in [0.15, 0.2) is 12.4 Å². The van der Waals surface area contributed by atoms with Crippen molar-refractivity contribution < 1.29 is 5.11 Å². The van der Waals surface area contributed by atoms with Gasteiger partial charge in [0.25, 0.3) is 0 Å². The zero-order valence-corrected chi connectivity index (χ0v) is 10.9. The van der Waals surface area contributed by atoms with Gasteiger partial charge in [0.15, 0.2) is 0 Å². The lowest BCUT2D eigenvalue weighted by Gasteiger charge is -2.26. The Bertz CT molecular complexity index is 377. The van der Waals surface area contributed by atoms with Crippen molar-refractivity contribution in [3.05, 3.63) is 12.4 Å². The molecule has 0 atom stereocenters. The van der Waals surface area contributed by atoms with E-state index in [1.165, 1.54) is 12.8 Å². The first-order chi connectivity index (χ1) is 8.78. The molecule has 1 aliphatic carbocycles. The third-order valence-electron chi connectivity index (χ3n) is 3.67. The van der Waals surface area contributed by atoms with Crippen LogP contribution in [0.4, 0.5) is 11.6 Å². The zero-order valence-electron chi connectivity index (χ0n) is 10.9. The number of nitrogens with one attached hydrogen (secondary N) is 2. The van der Waals surface area contributed by atoms with Crippen molar-refractivity contribution in [2.75, 3.05) is 30.3 Å². The van der Waals surface area contributed by atoms with E-state index < -0.39 is 0 Å². The number of hydrogen-bond acceptors (Lipinski definition) is 5. The summed E-state index contributed by atoms with van der Waals surface area (Å²) in [7, 11) is 0.